The largest absolute Gasteiger partial charge is 0.379 e. The molecular weight excluding hydrogens is 359 g/mol. The summed E-state index contributed by atoms with van der Waals surface area (Å²) >= 11 is 11.7. The Balaban J connectivity index is 2.34. The second-order valence-corrected chi connectivity index (χ2v) is 8.02. The number of hydrogen-bond donors (Lipinski definition) is 0. The van der Waals surface area contributed by atoms with E-state index in [1.165, 1.54) is 4.31 Å². The molecule has 0 amide bonds. The van der Waals surface area contributed by atoms with Gasteiger partial charge in [-0.25, -0.2) is 8.42 Å². The number of benzene rings is 1. The third kappa shape index (κ3) is 4.51. The van der Waals surface area contributed by atoms with Crippen molar-refractivity contribution in [2.45, 2.75) is 11.8 Å². The summed E-state index contributed by atoms with van der Waals surface area (Å²) in [6.45, 7) is 4.84. The standard InChI is InChI=1S/C15H22Cl2N2O3S/c1-13-2-3-14(12-15(13)18(6-4-16)7-5-17)23(20,21)19-8-10-22-11-9-19/h2-3,12H,4-11H2,1H3. The quantitative estimate of drug-likeness (QED) is 0.681. The monoisotopic (exact) mass is 380 g/mol. The third-order valence-electron chi connectivity index (χ3n) is 3.84. The molecule has 1 heterocycles. The van der Waals surface area contributed by atoms with E-state index in [0.29, 0.717) is 56.0 Å². The number of sulfonamides is 1. The van der Waals surface area contributed by atoms with Gasteiger partial charge in [-0.05, 0) is 24.6 Å². The Hall–Kier alpha value is -0.530. The Morgan fingerprint density at radius 2 is 1.78 bits per heavy atom. The molecule has 0 saturated carbocycles. The van der Waals surface area contributed by atoms with E-state index in [1.807, 2.05) is 17.9 Å². The number of hydrogen-bond acceptors (Lipinski definition) is 4. The predicted octanol–water partition coefficient (Wildman–Crippen LogP) is 2.30. The van der Waals surface area contributed by atoms with Crippen LogP contribution in [0.5, 0.6) is 0 Å². The average molecular weight is 381 g/mol. The van der Waals surface area contributed by atoms with Crippen molar-refractivity contribution in [3.05, 3.63) is 23.8 Å². The lowest BCUT2D eigenvalue weighted by molar-refractivity contribution is 0.0730. The normalized spacial score (nSPS) is 16.5. The van der Waals surface area contributed by atoms with E-state index in [2.05, 4.69) is 0 Å². The van der Waals surface area contributed by atoms with Crippen molar-refractivity contribution < 1.29 is 13.2 Å². The zero-order chi connectivity index (χ0) is 16.9. The number of halogens is 2. The second-order valence-electron chi connectivity index (χ2n) is 5.33. The summed E-state index contributed by atoms with van der Waals surface area (Å²) in [6, 6.07) is 5.21. The predicted molar refractivity (Wildman–Crippen MR) is 94.4 cm³/mol. The molecule has 2 rings (SSSR count). The number of aryl methyl sites for hydroxylation is 1. The zero-order valence-electron chi connectivity index (χ0n) is 13.2. The van der Waals surface area contributed by atoms with Crippen LogP contribution in [0.3, 0.4) is 0 Å². The maximum absolute atomic E-state index is 12.8. The minimum atomic E-state index is -3.50. The lowest BCUT2D eigenvalue weighted by Crippen LogP contribution is -2.40. The Morgan fingerprint density at radius 1 is 1.17 bits per heavy atom. The first-order valence-electron chi connectivity index (χ1n) is 7.56. The maximum Gasteiger partial charge on any atom is 0.243 e. The lowest BCUT2D eigenvalue weighted by atomic mass is 10.2. The molecule has 1 aromatic carbocycles. The van der Waals surface area contributed by atoms with E-state index in [0.717, 1.165) is 11.3 Å². The summed E-state index contributed by atoms with van der Waals surface area (Å²) in [6.07, 6.45) is 0. The van der Waals surface area contributed by atoms with Crippen LogP contribution in [-0.4, -0.2) is 63.9 Å². The van der Waals surface area contributed by atoms with Crippen molar-refractivity contribution in [2.24, 2.45) is 0 Å². The number of ether oxygens (including phenoxy) is 1. The third-order valence-corrected chi connectivity index (χ3v) is 6.07. The summed E-state index contributed by atoms with van der Waals surface area (Å²) in [5, 5.41) is 0. The topological polar surface area (TPSA) is 49.9 Å². The van der Waals surface area contributed by atoms with Crippen molar-refractivity contribution in [1.29, 1.82) is 0 Å². The lowest BCUT2D eigenvalue weighted by Gasteiger charge is -2.28. The van der Waals surface area contributed by atoms with Crippen LogP contribution in [0.25, 0.3) is 0 Å². The van der Waals surface area contributed by atoms with E-state index in [1.54, 1.807) is 12.1 Å². The summed E-state index contributed by atoms with van der Waals surface area (Å²) in [5.41, 5.74) is 1.86. The molecule has 0 unspecified atom stereocenters. The van der Waals surface area contributed by atoms with Crippen LogP contribution in [0.15, 0.2) is 23.1 Å². The van der Waals surface area contributed by atoms with E-state index in [4.69, 9.17) is 27.9 Å². The van der Waals surface area contributed by atoms with Gasteiger partial charge in [0.2, 0.25) is 10.0 Å². The maximum atomic E-state index is 12.8. The molecule has 1 saturated heterocycles. The van der Waals surface area contributed by atoms with Crippen LogP contribution in [0.4, 0.5) is 5.69 Å². The minimum Gasteiger partial charge on any atom is -0.379 e. The Kier molecular flexibility index (Phi) is 6.98. The Morgan fingerprint density at radius 3 is 2.35 bits per heavy atom. The van der Waals surface area contributed by atoms with Gasteiger partial charge < -0.3 is 9.64 Å². The highest BCUT2D eigenvalue weighted by Gasteiger charge is 2.27. The number of nitrogens with zero attached hydrogens (tertiary/aromatic N) is 2. The highest BCUT2D eigenvalue weighted by Crippen LogP contribution is 2.26. The number of anilines is 1. The summed E-state index contributed by atoms with van der Waals surface area (Å²) in [7, 11) is -3.50. The van der Waals surface area contributed by atoms with Crippen LogP contribution in [0, 0.1) is 6.92 Å². The van der Waals surface area contributed by atoms with Crippen LogP contribution in [0.1, 0.15) is 5.56 Å². The first kappa shape index (κ1) is 18.8. The van der Waals surface area contributed by atoms with Crippen molar-refractivity contribution in [1.82, 2.24) is 4.31 Å². The van der Waals surface area contributed by atoms with Gasteiger partial charge in [-0.1, -0.05) is 6.07 Å². The highest BCUT2D eigenvalue weighted by molar-refractivity contribution is 7.89. The van der Waals surface area contributed by atoms with Gasteiger partial charge in [0.1, 0.15) is 0 Å². The molecule has 0 bridgehead atoms. The molecule has 5 nitrogen and oxygen atoms in total. The Labute approximate surface area is 148 Å². The molecule has 1 fully saturated rings. The highest BCUT2D eigenvalue weighted by atomic mass is 35.5. The minimum absolute atomic E-state index is 0.300. The van der Waals surface area contributed by atoms with Gasteiger partial charge in [-0.2, -0.15) is 4.31 Å². The fourth-order valence-electron chi connectivity index (χ4n) is 2.58. The van der Waals surface area contributed by atoms with Gasteiger partial charge in [0.25, 0.3) is 0 Å². The number of morpholine rings is 1. The van der Waals surface area contributed by atoms with Crippen LogP contribution in [-0.2, 0) is 14.8 Å². The van der Waals surface area contributed by atoms with E-state index < -0.39 is 10.0 Å². The van der Waals surface area contributed by atoms with Gasteiger partial charge in [-0.3, -0.25) is 0 Å². The fraction of sp³-hybridized carbons (Fsp3) is 0.600. The zero-order valence-corrected chi connectivity index (χ0v) is 15.5. The molecule has 0 atom stereocenters. The first-order chi connectivity index (χ1) is 11.0. The van der Waals surface area contributed by atoms with Crippen molar-refractivity contribution in [3.8, 4) is 0 Å². The van der Waals surface area contributed by atoms with Crippen LogP contribution >= 0.6 is 23.2 Å². The fourth-order valence-corrected chi connectivity index (χ4v) is 4.42. The average Bonchev–Trinajstić information content (AvgIpc) is 2.56. The van der Waals surface area contributed by atoms with Gasteiger partial charge >= 0.3 is 0 Å². The van der Waals surface area contributed by atoms with E-state index >= 15 is 0 Å². The number of alkyl halides is 2. The smallest absolute Gasteiger partial charge is 0.243 e. The summed E-state index contributed by atoms with van der Waals surface area (Å²) in [5.74, 6) is 0.910. The van der Waals surface area contributed by atoms with E-state index in [9.17, 15) is 8.42 Å². The van der Waals surface area contributed by atoms with Gasteiger partial charge in [0, 0.05) is 43.6 Å². The SMILES string of the molecule is Cc1ccc(S(=O)(=O)N2CCOCC2)cc1N(CCCl)CCCl. The molecule has 1 aliphatic heterocycles. The molecule has 0 spiro atoms. The molecular formula is C15H22Cl2N2O3S. The van der Waals surface area contributed by atoms with Crippen molar-refractivity contribution in [2.75, 3.05) is 56.1 Å². The Bertz CT molecular complexity index is 613. The van der Waals surface area contributed by atoms with Crippen LogP contribution < -0.4 is 4.90 Å². The molecule has 1 aromatic rings. The van der Waals surface area contributed by atoms with Gasteiger partial charge in [-0.15, -0.1) is 23.2 Å². The van der Waals surface area contributed by atoms with Crippen molar-refractivity contribution in [3.63, 3.8) is 0 Å². The molecule has 23 heavy (non-hydrogen) atoms. The first-order valence-corrected chi connectivity index (χ1v) is 10.1. The summed E-state index contributed by atoms with van der Waals surface area (Å²) in [4.78, 5) is 2.32. The van der Waals surface area contributed by atoms with Crippen LogP contribution in [0.2, 0.25) is 0 Å². The molecule has 0 aromatic heterocycles. The molecule has 8 heteroatoms. The van der Waals surface area contributed by atoms with Gasteiger partial charge in [0.15, 0.2) is 0 Å². The van der Waals surface area contributed by atoms with E-state index in [-0.39, 0.29) is 0 Å². The molecule has 0 aliphatic carbocycles. The number of rotatable bonds is 7. The molecule has 0 radical (unpaired) electrons. The second kappa shape index (κ2) is 8.53. The molecule has 1 aliphatic rings. The summed E-state index contributed by atoms with van der Waals surface area (Å²) < 4.78 is 32.3. The van der Waals surface area contributed by atoms with Crippen molar-refractivity contribution >= 4 is 38.9 Å². The van der Waals surface area contributed by atoms with Gasteiger partial charge in [0.05, 0.1) is 18.1 Å². The molecule has 130 valence electrons. The molecule has 0 N–H and O–H groups in total.